The summed E-state index contributed by atoms with van der Waals surface area (Å²) in [4.78, 5) is 0. The number of fused-ring (bicyclic) bond motifs is 1. The molecule has 2 aliphatic rings. The van der Waals surface area contributed by atoms with Crippen LogP contribution in [0.25, 0.3) is 0 Å². The molecule has 14 heavy (non-hydrogen) atoms. The fraction of sp³-hybridized carbons (Fsp3) is 0.778. The summed E-state index contributed by atoms with van der Waals surface area (Å²) < 4.78 is 0.760. The zero-order chi connectivity index (χ0) is 9.54. The summed E-state index contributed by atoms with van der Waals surface area (Å²) in [7, 11) is 0. The Hall–Kier alpha value is -0.420. The highest BCUT2D eigenvalue weighted by Crippen LogP contribution is 2.51. The van der Waals surface area contributed by atoms with Crippen molar-refractivity contribution in [3.63, 3.8) is 0 Å². The molecule has 0 saturated heterocycles. The molecule has 2 saturated carbocycles. The van der Waals surface area contributed by atoms with Gasteiger partial charge in [-0.3, -0.25) is 5.10 Å². The molecule has 0 spiro atoms. The van der Waals surface area contributed by atoms with Crippen LogP contribution >= 0.6 is 23.6 Å². The Morgan fingerprint density at radius 2 is 2.07 bits per heavy atom. The SMILES string of the molecule is S=c1[nH]nc(NC2C3CCCCC32)s1. The molecule has 0 radical (unpaired) electrons. The maximum absolute atomic E-state index is 4.99. The van der Waals surface area contributed by atoms with Crippen LogP contribution in [0.5, 0.6) is 0 Å². The van der Waals surface area contributed by atoms with Crippen molar-refractivity contribution in [1.29, 1.82) is 0 Å². The van der Waals surface area contributed by atoms with Gasteiger partial charge in [-0.2, -0.15) is 0 Å². The van der Waals surface area contributed by atoms with E-state index < -0.39 is 0 Å². The number of hydrogen-bond donors (Lipinski definition) is 2. The zero-order valence-corrected chi connectivity index (χ0v) is 9.46. The van der Waals surface area contributed by atoms with E-state index in [9.17, 15) is 0 Å². The molecule has 5 heteroatoms. The molecule has 1 heterocycles. The van der Waals surface area contributed by atoms with Crippen LogP contribution in [-0.2, 0) is 0 Å². The Morgan fingerprint density at radius 3 is 2.64 bits per heavy atom. The van der Waals surface area contributed by atoms with Gasteiger partial charge in [-0.25, -0.2) is 0 Å². The molecule has 76 valence electrons. The molecular formula is C9H13N3S2. The lowest BCUT2D eigenvalue weighted by molar-refractivity contribution is 0.480. The fourth-order valence-corrected chi connectivity index (χ4v) is 3.48. The first-order valence-electron chi connectivity index (χ1n) is 5.16. The van der Waals surface area contributed by atoms with Crippen LogP contribution in [0, 0.1) is 15.8 Å². The summed E-state index contributed by atoms with van der Waals surface area (Å²) in [5, 5.41) is 11.4. The average Bonchev–Trinajstić information content (AvgIpc) is 2.72. The van der Waals surface area contributed by atoms with Crippen molar-refractivity contribution in [2.75, 3.05) is 5.32 Å². The summed E-state index contributed by atoms with van der Waals surface area (Å²) in [5.74, 6) is 1.84. The molecule has 1 aromatic heterocycles. The van der Waals surface area contributed by atoms with E-state index in [2.05, 4.69) is 15.5 Å². The molecule has 1 aromatic rings. The van der Waals surface area contributed by atoms with E-state index in [4.69, 9.17) is 12.2 Å². The van der Waals surface area contributed by atoms with Crippen molar-refractivity contribution in [2.45, 2.75) is 31.7 Å². The Morgan fingerprint density at radius 1 is 1.36 bits per heavy atom. The van der Waals surface area contributed by atoms with E-state index in [-0.39, 0.29) is 0 Å². The smallest absolute Gasteiger partial charge is 0.204 e. The molecule has 0 amide bonds. The highest BCUT2D eigenvalue weighted by Gasteiger charge is 2.50. The Labute approximate surface area is 91.9 Å². The highest BCUT2D eigenvalue weighted by atomic mass is 32.1. The van der Waals surface area contributed by atoms with E-state index in [1.807, 2.05) is 0 Å². The number of aromatic amines is 1. The third-order valence-corrected chi connectivity index (χ3v) is 4.41. The van der Waals surface area contributed by atoms with E-state index in [0.29, 0.717) is 6.04 Å². The molecular weight excluding hydrogens is 214 g/mol. The predicted octanol–water partition coefficient (Wildman–Crippen LogP) is 2.80. The summed E-state index contributed by atoms with van der Waals surface area (Å²) in [6, 6.07) is 0.687. The molecule has 2 aliphatic carbocycles. The molecule has 2 atom stereocenters. The second-order valence-corrected chi connectivity index (χ2v) is 5.87. The third-order valence-electron chi connectivity index (χ3n) is 3.38. The largest absolute Gasteiger partial charge is 0.357 e. The Bertz CT molecular complexity index is 371. The third kappa shape index (κ3) is 1.48. The number of rotatable bonds is 2. The van der Waals surface area contributed by atoms with Gasteiger partial charge in [-0.05, 0) is 36.9 Å². The van der Waals surface area contributed by atoms with E-state index in [0.717, 1.165) is 20.9 Å². The second kappa shape index (κ2) is 3.31. The van der Waals surface area contributed by atoms with Crippen molar-refractivity contribution in [2.24, 2.45) is 11.8 Å². The number of hydrogen-bond acceptors (Lipinski definition) is 4. The van der Waals surface area contributed by atoms with Crippen molar-refractivity contribution in [3.8, 4) is 0 Å². The first-order chi connectivity index (χ1) is 6.84. The standard InChI is InChI=1S/C9H13N3S2/c13-9-12-11-8(14-9)10-7-5-3-1-2-4-6(5)7/h5-7H,1-4H2,(H,10,11)(H,12,13). The molecule has 0 aromatic carbocycles. The van der Waals surface area contributed by atoms with Gasteiger partial charge in [0.15, 0.2) is 3.95 Å². The Balaban J connectivity index is 1.66. The topological polar surface area (TPSA) is 40.7 Å². The van der Waals surface area contributed by atoms with Crippen LogP contribution in [0.1, 0.15) is 25.7 Å². The van der Waals surface area contributed by atoms with Crippen molar-refractivity contribution >= 4 is 28.7 Å². The normalized spacial score (nSPS) is 35.0. The van der Waals surface area contributed by atoms with Gasteiger partial charge in [0, 0.05) is 6.04 Å². The van der Waals surface area contributed by atoms with Gasteiger partial charge >= 0.3 is 0 Å². The fourth-order valence-electron chi connectivity index (χ4n) is 2.64. The molecule has 2 unspecified atom stereocenters. The molecule has 3 nitrogen and oxygen atoms in total. The highest BCUT2D eigenvalue weighted by molar-refractivity contribution is 7.73. The lowest BCUT2D eigenvalue weighted by atomic mass is 10.0. The van der Waals surface area contributed by atoms with Gasteiger partial charge in [0.1, 0.15) is 0 Å². The summed E-state index contributed by atoms with van der Waals surface area (Å²) in [6.07, 6.45) is 5.63. The number of aromatic nitrogens is 2. The molecule has 2 fully saturated rings. The average molecular weight is 227 g/mol. The van der Waals surface area contributed by atoms with Gasteiger partial charge in [0.05, 0.1) is 0 Å². The van der Waals surface area contributed by atoms with Gasteiger partial charge in [0.2, 0.25) is 5.13 Å². The number of nitrogens with zero attached hydrogens (tertiary/aromatic N) is 1. The first kappa shape index (κ1) is 8.85. The predicted molar refractivity (Wildman–Crippen MR) is 60.2 cm³/mol. The van der Waals surface area contributed by atoms with Crippen LogP contribution < -0.4 is 5.32 Å². The number of anilines is 1. The molecule has 0 aliphatic heterocycles. The lowest BCUT2D eigenvalue weighted by Gasteiger charge is -2.04. The van der Waals surface area contributed by atoms with Gasteiger partial charge < -0.3 is 5.32 Å². The van der Waals surface area contributed by atoms with E-state index in [1.54, 1.807) is 0 Å². The van der Waals surface area contributed by atoms with Crippen molar-refractivity contribution in [1.82, 2.24) is 10.2 Å². The number of nitrogens with one attached hydrogen (secondary N) is 2. The van der Waals surface area contributed by atoms with Gasteiger partial charge in [0.25, 0.3) is 0 Å². The second-order valence-electron chi connectivity index (χ2n) is 4.20. The zero-order valence-electron chi connectivity index (χ0n) is 7.82. The minimum Gasteiger partial charge on any atom is -0.357 e. The summed E-state index contributed by atoms with van der Waals surface area (Å²) in [5.41, 5.74) is 0. The summed E-state index contributed by atoms with van der Waals surface area (Å²) in [6.45, 7) is 0. The minimum absolute atomic E-state index is 0.687. The quantitative estimate of drug-likeness (QED) is 0.763. The van der Waals surface area contributed by atoms with Crippen LogP contribution in [0.15, 0.2) is 0 Å². The van der Waals surface area contributed by atoms with E-state index >= 15 is 0 Å². The summed E-state index contributed by atoms with van der Waals surface area (Å²) >= 11 is 6.53. The first-order valence-corrected chi connectivity index (χ1v) is 6.39. The minimum atomic E-state index is 0.687. The van der Waals surface area contributed by atoms with Crippen molar-refractivity contribution < 1.29 is 0 Å². The maximum atomic E-state index is 4.99. The Kier molecular flexibility index (Phi) is 2.09. The van der Waals surface area contributed by atoms with Crippen LogP contribution in [0.3, 0.4) is 0 Å². The number of H-pyrrole nitrogens is 1. The van der Waals surface area contributed by atoms with Crippen LogP contribution in [-0.4, -0.2) is 16.2 Å². The van der Waals surface area contributed by atoms with Crippen molar-refractivity contribution in [3.05, 3.63) is 3.95 Å². The maximum Gasteiger partial charge on any atom is 0.204 e. The van der Waals surface area contributed by atoms with Gasteiger partial charge in [-0.15, -0.1) is 5.10 Å². The van der Waals surface area contributed by atoms with Crippen LogP contribution in [0.4, 0.5) is 5.13 Å². The monoisotopic (exact) mass is 227 g/mol. The molecule has 3 rings (SSSR count). The molecule has 0 bridgehead atoms. The van der Waals surface area contributed by atoms with Crippen LogP contribution in [0.2, 0.25) is 0 Å². The molecule has 2 N–H and O–H groups in total. The van der Waals surface area contributed by atoms with E-state index in [1.165, 1.54) is 37.0 Å². The lowest BCUT2D eigenvalue weighted by Crippen LogP contribution is -2.04. The van der Waals surface area contributed by atoms with Gasteiger partial charge in [-0.1, -0.05) is 24.2 Å².